The molecule has 0 unspecified atom stereocenters. The quantitative estimate of drug-likeness (QED) is 0.432. The summed E-state index contributed by atoms with van der Waals surface area (Å²) in [6.45, 7) is 2.67. The number of nitrogens with zero attached hydrogens (tertiary/aromatic N) is 8. The number of hydrogen-bond acceptors (Lipinski definition) is 6. The van der Waals surface area contributed by atoms with Gasteiger partial charge < -0.3 is 14.4 Å². The predicted molar refractivity (Wildman–Crippen MR) is 126 cm³/mol. The van der Waals surface area contributed by atoms with Crippen LogP contribution in [0.3, 0.4) is 0 Å². The molecule has 164 valence electrons. The molecule has 1 saturated heterocycles. The molecule has 0 N–H and O–H groups in total. The van der Waals surface area contributed by atoms with Gasteiger partial charge in [0.15, 0.2) is 5.82 Å². The van der Waals surface area contributed by atoms with Crippen molar-refractivity contribution in [1.82, 2.24) is 29.2 Å². The lowest BCUT2D eigenvalue weighted by Gasteiger charge is -2.22. The van der Waals surface area contributed by atoms with Gasteiger partial charge in [0.25, 0.3) is 0 Å². The topological polar surface area (TPSA) is 78.8 Å². The van der Waals surface area contributed by atoms with Crippen LogP contribution in [0.1, 0.15) is 17.7 Å². The third-order valence-electron chi connectivity index (χ3n) is 6.75. The molecule has 1 atom stereocenters. The molecule has 6 rings (SSSR count). The fourth-order valence-electron chi connectivity index (χ4n) is 4.84. The number of hydrogen-bond donors (Lipinski definition) is 0. The van der Waals surface area contributed by atoms with Gasteiger partial charge in [-0.25, -0.2) is 4.98 Å². The van der Waals surface area contributed by atoms with Gasteiger partial charge in [0.1, 0.15) is 12.1 Å². The molecular formula is C25H24N8. The molecule has 0 saturated carbocycles. The van der Waals surface area contributed by atoms with Crippen LogP contribution in [0.25, 0.3) is 28.3 Å². The predicted octanol–water partition coefficient (Wildman–Crippen LogP) is 3.17. The lowest BCUT2D eigenvalue weighted by molar-refractivity contribution is 0.315. The van der Waals surface area contributed by atoms with E-state index in [9.17, 15) is 0 Å². The Morgan fingerprint density at radius 2 is 1.94 bits per heavy atom. The minimum absolute atomic E-state index is 0.557. The Morgan fingerprint density at radius 3 is 2.70 bits per heavy atom. The first kappa shape index (κ1) is 19.7. The van der Waals surface area contributed by atoms with Crippen molar-refractivity contribution in [2.45, 2.75) is 19.0 Å². The van der Waals surface area contributed by atoms with Crippen LogP contribution in [0.15, 0.2) is 55.0 Å². The van der Waals surface area contributed by atoms with Gasteiger partial charge in [-0.2, -0.15) is 5.26 Å². The molecule has 0 aliphatic carbocycles. The van der Waals surface area contributed by atoms with E-state index in [-0.39, 0.29) is 0 Å². The van der Waals surface area contributed by atoms with Crippen molar-refractivity contribution in [2.75, 3.05) is 32.1 Å². The van der Waals surface area contributed by atoms with Crippen LogP contribution in [-0.2, 0) is 6.54 Å². The maximum absolute atomic E-state index is 9.10. The van der Waals surface area contributed by atoms with Crippen LogP contribution in [-0.4, -0.2) is 62.4 Å². The summed E-state index contributed by atoms with van der Waals surface area (Å²) in [7, 11) is 4.29. The highest BCUT2D eigenvalue weighted by Gasteiger charge is 2.27. The molecule has 3 aromatic heterocycles. The van der Waals surface area contributed by atoms with E-state index in [2.05, 4.69) is 69.1 Å². The first-order valence-electron chi connectivity index (χ1n) is 11.1. The summed E-state index contributed by atoms with van der Waals surface area (Å²) in [5, 5.41) is 17.7. The molecule has 33 heavy (non-hydrogen) atoms. The number of benzene rings is 1. The van der Waals surface area contributed by atoms with Crippen LogP contribution in [0.2, 0.25) is 0 Å². The molecule has 2 aliphatic rings. The molecule has 0 amide bonds. The Balaban J connectivity index is 1.40. The zero-order chi connectivity index (χ0) is 22.5. The summed E-state index contributed by atoms with van der Waals surface area (Å²) in [6.07, 6.45) is 5.05. The monoisotopic (exact) mass is 436 g/mol. The standard InChI is InChI=1S/C25H24N8/c1-30(2)20-9-10-31(14-20)24-8-7-22-21(28-24)15-32-13-19(18-5-3-17(12-26)4-6-18)11-23(32)25-29-27-16-33(22)25/h3-8,11,13,16,20H,9-10,14-15H2,1-2H3/t20-/m0/s1. The molecule has 8 heteroatoms. The molecule has 5 heterocycles. The number of nitriles is 1. The maximum atomic E-state index is 9.10. The van der Waals surface area contributed by atoms with Crippen molar-refractivity contribution >= 4 is 5.82 Å². The summed E-state index contributed by atoms with van der Waals surface area (Å²) >= 11 is 0. The van der Waals surface area contributed by atoms with Gasteiger partial charge in [-0.3, -0.25) is 4.57 Å². The van der Waals surface area contributed by atoms with Gasteiger partial charge in [0.05, 0.1) is 35.3 Å². The second kappa shape index (κ2) is 7.57. The third-order valence-corrected chi connectivity index (χ3v) is 6.75. The van der Waals surface area contributed by atoms with E-state index in [1.165, 1.54) is 0 Å². The second-order valence-electron chi connectivity index (χ2n) is 8.94. The molecule has 1 aromatic carbocycles. The number of fused-ring (bicyclic) bond motifs is 5. The molecule has 0 spiro atoms. The second-order valence-corrected chi connectivity index (χ2v) is 8.94. The average Bonchev–Trinajstić information content (AvgIpc) is 3.58. The van der Waals surface area contributed by atoms with Crippen molar-refractivity contribution in [3.63, 3.8) is 0 Å². The third kappa shape index (κ3) is 3.29. The Labute approximate surface area is 192 Å². The van der Waals surface area contributed by atoms with E-state index < -0.39 is 0 Å². The Bertz CT molecular complexity index is 1370. The van der Waals surface area contributed by atoms with Gasteiger partial charge in [0.2, 0.25) is 0 Å². The first-order chi connectivity index (χ1) is 16.1. The lowest BCUT2D eigenvalue weighted by Crippen LogP contribution is -2.31. The van der Waals surface area contributed by atoms with Crippen LogP contribution in [0.5, 0.6) is 0 Å². The number of aromatic nitrogens is 5. The van der Waals surface area contributed by atoms with Crippen LogP contribution >= 0.6 is 0 Å². The van der Waals surface area contributed by atoms with Gasteiger partial charge in [-0.05, 0) is 56.4 Å². The Morgan fingerprint density at radius 1 is 1.09 bits per heavy atom. The number of rotatable bonds is 3. The van der Waals surface area contributed by atoms with Crippen molar-refractivity contribution in [3.8, 4) is 34.4 Å². The zero-order valence-electron chi connectivity index (χ0n) is 18.7. The van der Waals surface area contributed by atoms with Crippen LogP contribution in [0.4, 0.5) is 5.82 Å². The minimum atomic E-state index is 0.557. The van der Waals surface area contributed by atoms with E-state index in [1.54, 1.807) is 6.33 Å². The highest BCUT2D eigenvalue weighted by Crippen LogP contribution is 2.34. The summed E-state index contributed by atoms with van der Waals surface area (Å²) < 4.78 is 4.23. The summed E-state index contributed by atoms with van der Waals surface area (Å²) in [6, 6.07) is 16.8. The lowest BCUT2D eigenvalue weighted by atomic mass is 10.1. The molecule has 4 aromatic rings. The number of likely N-dealkylation sites (N-methyl/N-ethyl adjacent to an activating group) is 1. The summed E-state index contributed by atoms with van der Waals surface area (Å²) in [5.74, 6) is 1.83. The molecule has 8 nitrogen and oxygen atoms in total. The highest BCUT2D eigenvalue weighted by atomic mass is 15.3. The zero-order valence-corrected chi connectivity index (χ0v) is 18.7. The molecule has 2 aliphatic heterocycles. The fraction of sp³-hybridized carbons (Fsp3) is 0.280. The molecule has 0 radical (unpaired) electrons. The van der Waals surface area contributed by atoms with Crippen molar-refractivity contribution < 1.29 is 0 Å². The van der Waals surface area contributed by atoms with Crippen LogP contribution in [0, 0.1) is 11.3 Å². The number of pyridine rings is 1. The first-order valence-corrected chi connectivity index (χ1v) is 11.1. The smallest absolute Gasteiger partial charge is 0.185 e. The molecule has 1 fully saturated rings. The minimum Gasteiger partial charge on any atom is -0.355 e. The maximum Gasteiger partial charge on any atom is 0.185 e. The molecular weight excluding hydrogens is 412 g/mol. The van der Waals surface area contributed by atoms with Gasteiger partial charge in [-0.15, -0.1) is 10.2 Å². The Kier molecular flexibility index (Phi) is 4.52. The fourth-order valence-corrected chi connectivity index (χ4v) is 4.84. The SMILES string of the molecule is CN(C)[C@H]1CCN(c2ccc3c(n2)Cn2cc(-c4ccc(C#N)cc4)cc2-c2nncn2-3)C1. The highest BCUT2D eigenvalue weighted by molar-refractivity contribution is 5.71. The van der Waals surface area contributed by atoms with Crippen LogP contribution < -0.4 is 4.90 Å². The van der Waals surface area contributed by atoms with E-state index in [0.717, 1.165) is 59.4 Å². The summed E-state index contributed by atoms with van der Waals surface area (Å²) in [4.78, 5) is 9.78. The molecule has 0 bridgehead atoms. The number of anilines is 1. The van der Waals surface area contributed by atoms with E-state index in [4.69, 9.17) is 10.2 Å². The van der Waals surface area contributed by atoms with Crippen molar-refractivity contribution in [3.05, 3.63) is 66.2 Å². The van der Waals surface area contributed by atoms with E-state index >= 15 is 0 Å². The van der Waals surface area contributed by atoms with Gasteiger partial charge in [0, 0.05) is 30.9 Å². The average molecular weight is 437 g/mol. The Hall–Kier alpha value is -3.96. The van der Waals surface area contributed by atoms with E-state index in [1.807, 2.05) is 28.8 Å². The van der Waals surface area contributed by atoms with Crippen molar-refractivity contribution in [2.24, 2.45) is 0 Å². The van der Waals surface area contributed by atoms with E-state index in [0.29, 0.717) is 18.2 Å². The van der Waals surface area contributed by atoms with Crippen molar-refractivity contribution in [1.29, 1.82) is 5.26 Å². The largest absolute Gasteiger partial charge is 0.355 e. The van der Waals surface area contributed by atoms with Gasteiger partial charge >= 0.3 is 0 Å². The normalized spacial score (nSPS) is 16.8. The summed E-state index contributed by atoms with van der Waals surface area (Å²) in [5.41, 5.74) is 5.82. The van der Waals surface area contributed by atoms with Gasteiger partial charge in [-0.1, -0.05) is 12.1 Å².